The lowest BCUT2D eigenvalue weighted by Gasteiger charge is -2.24. The molecule has 0 amide bonds. The molecule has 3 heterocycles. The second-order valence-corrected chi connectivity index (χ2v) is 13.3. The molecule has 0 radical (unpaired) electrons. The molecule has 0 saturated carbocycles. The Morgan fingerprint density at radius 1 is 0.658 bits per heavy atom. The summed E-state index contributed by atoms with van der Waals surface area (Å²) in [5.74, 6) is 0. The molecule has 0 aliphatic carbocycles. The van der Waals surface area contributed by atoms with Crippen LogP contribution in [0.5, 0.6) is 0 Å². The lowest BCUT2D eigenvalue weighted by atomic mass is 9.81. The summed E-state index contributed by atoms with van der Waals surface area (Å²) >= 11 is 1.77. The molecule has 0 fully saturated rings. The van der Waals surface area contributed by atoms with Crippen LogP contribution in [0.4, 0.5) is 0 Å². The Labute approximate surface area is 229 Å². The lowest BCUT2D eigenvalue weighted by Crippen LogP contribution is -2.12. The highest BCUT2D eigenvalue weighted by Gasteiger charge is 2.21. The van der Waals surface area contributed by atoms with Gasteiger partial charge in [-0.15, -0.1) is 11.3 Å². The van der Waals surface area contributed by atoms with E-state index in [1.807, 2.05) is 12.4 Å². The summed E-state index contributed by atoms with van der Waals surface area (Å²) in [4.78, 5) is 8.33. The van der Waals surface area contributed by atoms with E-state index in [4.69, 9.17) is 4.98 Å². The van der Waals surface area contributed by atoms with Gasteiger partial charge >= 0.3 is 0 Å². The molecule has 0 bridgehead atoms. The maximum atomic E-state index is 4.86. The molecular weight excluding hydrogens is 480 g/mol. The van der Waals surface area contributed by atoms with E-state index in [-0.39, 0.29) is 10.8 Å². The number of fused-ring (bicyclic) bond motifs is 2. The Kier molecular flexibility index (Phi) is 5.81. The van der Waals surface area contributed by atoms with E-state index in [1.54, 1.807) is 11.3 Å². The Bertz CT molecular complexity index is 1650. The molecule has 6 aromatic rings. The van der Waals surface area contributed by atoms with Gasteiger partial charge in [0.1, 0.15) is 0 Å². The average molecular weight is 515 g/mol. The van der Waals surface area contributed by atoms with E-state index in [9.17, 15) is 0 Å². The Balaban J connectivity index is 1.62. The van der Waals surface area contributed by atoms with Gasteiger partial charge in [-0.3, -0.25) is 4.98 Å². The average Bonchev–Trinajstić information content (AvgIpc) is 3.56. The predicted octanol–water partition coefficient (Wildman–Crippen LogP) is 10.4. The molecule has 0 saturated heterocycles. The van der Waals surface area contributed by atoms with Crippen molar-refractivity contribution < 1.29 is 0 Å². The molecule has 190 valence electrons. The second kappa shape index (κ2) is 8.96. The van der Waals surface area contributed by atoms with Crippen molar-refractivity contribution in [2.75, 3.05) is 0 Å². The minimum Gasteiger partial charge on any atom is -0.361 e. The summed E-state index contributed by atoms with van der Waals surface area (Å²) in [6.45, 7) is 13.8. The Morgan fingerprint density at radius 2 is 1.32 bits per heavy atom. The third kappa shape index (κ3) is 4.46. The third-order valence-electron chi connectivity index (χ3n) is 7.47. The predicted molar refractivity (Wildman–Crippen MR) is 165 cm³/mol. The first-order chi connectivity index (χ1) is 18.1. The highest BCUT2D eigenvalue weighted by Crippen LogP contribution is 2.40. The van der Waals surface area contributed by atoms with Crippen LogP contribution in [0.15, 0.2) is 90.6 Å². The molecule has 0 unspecified atom stereocenters. The molecule has 3 aromatic heterocycles. The number of nitrogens with one attached hydrogen (secondary N) is 1. The van der Waals surface area contributed by atoms with Gasteiger partial charge in [-0.1, -0.05) is 77.9 Å². The van der Waals surface area contributed by atoms with Crippen molar-refractivity contribution in [2.24, 2.45) is 0 Å². The molecule has 1 N–H and O–H groups in total. The minimum absolute atomic E-state index is 0.00835. The van der Waals surface area contributed by atoms with E-state index < -0.39 is 0 Å². The summed E-state index contributed by atoms with van der Waals surface area (Å²) in [6, 6.07) is 27.1. The number of thiophene rings is 1. The fraction of sp³-hybridized carbons (Fsp3) is 0.229. The van der Waals surface area contributed by atoms with Crippen molar-refractivity contribution in [3.05, 3.63) is 102 Å². The molecule has 0 aliphatic heterocycles. The number of H-pyrrole nitrogens is 1. The highest BCUT2D eigenvalue weighted by atomic mass is 32.1. The molecule has 0 atom stereocenters. The number of aromatic amines is 1. The molecule has 0 aliphatic rings. The van der Waals surface area contributed by atoms with Crippen LogP contribution in [0, 0.1) is 0 Å². The third-order valence-corrected chi connectivity index (χ3v) is 8.41. The number of nitrogens with zero attached hydrogens (tertiary/aromatic N) is 1. The van der Waals surface area contributed by atoms with Crippen LogP contribution >= 0.6 is 11.3 Å². The van der Waals surface area contributed by atoms with Crippen molar-refractivity contribution in [1.29, 1.82) is 0 Å². The number of pyridine rings is 1. The molecule has 3 aromatic carbocycles. The molecule has 6 rings (SSSR count). The van der Waals surface area contributed by atoms with E-state index in [2.05, 4.69) is 125 Å². The van der Waals surface area contributed by atoms with Gasteiger partial charge in [-0.05, 0) is 91.2 Å². The second-order valence-electron chi connectivity index (χ2n) is 12.3. The quantitative estimate of drug-likeness (QED) is 0.250. The van der Waals surface area contributed by atoms with Gasteiger partial charge < -0.3 is 4.98 Å². The van der Waals surface area contributed by atoms with Crippen LogP contribution in [0.25, 0.3) is 54.5 Å². The van der Waals surface area contributed by atoms with Crippen molar-refractivity contribution >= 4 is 32.3 Å². The zero-order valence-electron chi connectivity index (χ0n) is 23.0. The van der Waals surface area contributed by atoms with E-state index in [0.29, 0.717) is 0 Å². The monoisotopic (exact) mass is 514 g/mol. The number of aromatic nitrogens is 2. The van der Waals surface area contributed by atoms with Crippen molar-refractivity contribution in [2.45, 2.75) is 52.4 Å². The van der Waals surface area contributed by atoms with Crippen LogP contribution in [0.3, 0.4) is 0 Å². The summed E-state index contributed by atoms with van der Waals surface area (Å²) in [5, 5.41) is 4.64. The van der Waals surface area contributed by atoms with Gasteiger partial charge in [0.15, 0.2) is 0 Å². The van der Waals surface area contributed by atoms with Crippen molar-refractivity contribution in [1.82, 2.24) is 9.97 Å². The first-order valence-electron chi connectivity index (χ1n) is 13.3. The summed E-state index contributed by atoms with van der Waals surface area (Å²) < 4.78 is 1.24. The van der Waals surface area contributed by atoms with E-state index in [0.717, 1.165) is 5.69 Å². The van der Waals surface area contributed by atoms with Crippen LogP contribution < -0.4 is 0 Å². The minimum atomic E-state index is 0.00835. The van der Waals surface area contributed by atoms with Crippen LogP contribution in [-0.4, -0.2) is 9.97 Å². The molecular formula is C35H34N2S. The topological polar surface area (TPSA) is 28.7 Å². The first kappa shape index (κ1) is 24.6. The van der Waals surface area contributed by atoms with Gasteiger partial charge in [0.2, 0.25) is 0 Å². The van der Waals surface area contributed by atoms with Gasteiger partial charge in [0, 0.05) is 23.5 Å². The molecule has 0 spiro atoms. The van der Waals surface area contributed by atoms with Crippen LogP contribution in [0.2, 0.25) is 0 Å². The zero-order chi connectivity index (χ0) is 26.7. The molecule has 3 heteroatoms. The molecule has 38 heavy (non-hydrogen) atoms. The van der Waals surface area contributed by atoms with Crippen LogP contribution in [0.1, 0.15) is 52.7 Å². The highest BCUT2D eigenvalue weighted by molar-refractivity contribution is 7.17. The normalized spacial score (nSPS) is 12.5. The fourth-order valence-electron chi connectivity index (χ4n) is 5.17. The van der Waals surface area contributed by atoms with Crippen molar-refractivity contribution in [3.8, 4) is 33.5 Å². The van der Waals surface area contributed by atoms with E-state index >= 15 is 0 Å². The largest absolute Gasteiger partial charge is 0.361 e. The van der Waals surface area contributed by atoms with Crippen molar-refractivity contribution in [3.63, 3.8) is 0 Å². The Hall–Kier alpha value is -3.69. The maximum absolute atomic E-state index is 4.86. The summed E-state index contributed by atoms with van der Waals surface area (Å²) in [6.07, 6.45) is 3.96. The number of para-hydroxylation sites is 1. The fourth-order valence-corrected chi connectivity index (χ4v) is 6.08. The SMILES string of the molecule is CC(C)(C)c1cc(-c2cc(-c3nccc4ccsc34)cc(C(C)(C)C)c2)cc(-c2cccc3cc[nH]c23)c1. The first-order valence-corrected chi connectivity index (χ1v) is 14.2. The van der Waals surface area contributed by atoms with Crippen LogP contribution in [-0.2, 0) is 10.8 Å². The number of hydrogen-bond donors (Lipinski definition) is 1. The van der Waals surface area contributed by atoms with Gasteiger partial charge in [-0.2, -0.15) is 0 Å². The van der Waals surface area contributed by atoms with Gasteiger partial charge in [-0.25, -0.2) is 0 Å². The number of rotatable bonds is 3. The maximum Gasteiger partial charge on any atom is 0.0880 e. The summed E-state index contributed by atoms with van der Waals surface area (Å²) in [5.41, 5.74) is 11.0. The lowest BCUT2D eigenvalue weighted by molar-refractivity contribution is 0.589. The number of hydrogen-bond acceptors (Lipinski definition) is 2. The van der Waals surface area contributed by atoms with Gasteiger partial charge in [0.05, 0.1) is 15.9 Å². The summed E-state index contributed by atoms with van der Waals surface area (Å²) in [7, 11) is 0. The zero-order valence-corrected chi connectivity index (χ0v) is 23.8. The number of benzene rings is 3. The van der Waals surface area contributed by atoms with E-state index in [1.165, 1.54) is 59.9 Å². The standard InChI is InChI=1S/C35H34N2S/c1-34(2,3)28-18-24(16-26(20-28)30-9-7-8-22-10-13-36-31(22)30)25-17-27(21-29(19-25)35(4,5)6)32-33-23(11-14-37-32)12-15-38-33/h7-21,36H,1-6H3. The molecule has 2 nitrogen and oxygen atoms in total. The van der Waals surface area contributed by atoms with Gasteiger partial charge in [0.25, 0.3) is 0 Å². The Morgan fingerprint density at radius 3 is 2.03 bits per heavy atom. The smallest absolute Gasteiger partial charge is 0.0880 e.